The van der Waals surface area contributed by atoms with E-state index in [1.165, 1.54) is 74.1 Å². The maximum absolute atomic E-state index is 3.90. The van der Waals surface area contributed by atoms with E-state index >= 15 is 0 Å². The first-order valence-corrected chi connectivity index (χ1v) is 10.1. The Morgan fingerprint density at radius 3 is 2.73 bits per heavy atom. The maximum atomic E-state index is 3.90. The number of hydrogen-bond acceptors (Lipinski definition) is 0. The molecule has 0 atom stereocenters. The summed E-state index contributed by atoms with van der Waals surface area (Å²) in [5, 5.41) is 2.46. The van der Waals surface area contributed by atoms with Crippen LogP contribution >= 0.6 is 0 Å². The van der Waals surface area contributed by atoms with Gasteiger partial charge in [-0.15, -0.1) is 0 Å². The molecule has 2 N–H and O–H groups in total. The molecule has 1 aliphatic rings. The molecular weight excluding hydrogens is 316 g/mol. The Hall–Kier alpha value is -2.19. The lowest BCUT2D eigenvalue weighted by Crippen LogP contribution is -2.84. The summed E-state index contributed by atoms with van der Waals surface area (Å²) < 4.78 is 2.50. The first kappa shape index (κ1) is 18.6. The molecule has 2 nitrogen and oxygen atoms in total. The van der Waals surface area contributed by atoms with Gasteiger partial charge in [0.05, 0.1) is 13.1 Å². The van der Waals surface area contributed by atoms with Crippen molar-refractivity contribution in [2.24, 2.45) is 0 Å². The lowest BCUT2D eigenvalue weighted by molar-refractivity contribution is -0.654. The fourth-order valence-electron chi connectivity index (χ4n) is 3.73. The molecule has 1 aliphatic heterocycles. The van der Waals surface area contributed by atoms with Crippen molar-refractivity contribution >= 4 is 12.3 Å². The average Bonchev–Trinajstić information content (AvgIpc) is 2.70. The SMILES string of the molecule is C=Cc1ccccc1CC[NH2+]CCCCC[N+]1=Cc2ccccc2CC1. The molecule has 3 rings (SSSR count). The van der Waals surface area contributed by atoms with Crippen LogP contribution in [0.25, 0.3) is 6.08 Å². The Bertz CT molecular complexity index is 745. The predicted molar refractivity (Wildman–Crippen MR) is 111 cm³/mol. The molecule has 0 bridgehead atoms. The minimum Gasteiger partial charge on any atom is -0.346 e. The summed E-state index contributed by atoms with van der Waals surface area (Å²) in [5.74, 6) is 0. The summed E-state index contributed by atoms with van der Waals surface area (Å²) in [4.78, 5) is 0. The molecule has 2 aromatic rings. The third kappa shape index (κ3) is 5.40. The second-order valence-electron chi connectivity index (χ2n) is 7.19. The zero-order chi connectivity index (χ0) is 18.0. The summed E-state index contributed by atoms with van der Waals surface area (Å²) in [5.41, 5.74) is 5.60. The summed E-state index contributed by atoms with van der Waals surface area (Å²) in [6, 6.07) is 17.4. The molecule has 26 heavy (non-hydrogen) atoms. The largest absolute Gasteiger partial charge is 0.346 e. The van der Waals surface area contributed by atoms with Crippen LogP contribution in [0.1, 0.15) is 41.5 Å². The van der Waals surface area contributed by atoms with Gasteiger partial charge in [0.15, 0.2) is 6.21 Å². The smallest absolute Gasteiger partial charge is 0.170 e. The van der Waals surface area contributed by atoms with E-state index in [1.807, 2.05) is 6.08 Å². The van der Waals surface area contributed by atoms with Crippen molar-refractivity contribution in [3.05, 3.63) is 77.4 Å². The minimum atomic E-state index is 1.13. The van der Waals surface area contributed by atoms with E-state index in [-0.39, 0.29) is 0 Å². The van der Waals surface area contributed by atoms with E-state index in [9.17, 15) is 0 Å². The van der Waals surface area contributed by atoms with Crippen LogP contribution in [0.15, 0.2) is 55.1 Å². The van der Waals surface area contributed by atoms with Crippen LogP contribution in [0.4, 0.5) is 0 Å². The molecule has 2 aromatic carbocycles. The normalized spacial score (nSPS) is 13.2. The van der Waals surface area contributed by atoms with Gasteiger partial charge in [0, 0.05) is 24.8 Å². The summed E-state index contributed by atoms with van der Waals surface area (Å²) in [6.45, 7) is 8.68. The quantitative estimate of drug-likeness (QED) is 0.502. The van der Waals surface area contributed by atoms with Crippen LogP contribution in [-0.4, -0.2) is 37.0 Å². The molecule has 0 aliphatic carbocycles. The summed E-state index contributed by atoms with van der Waals surface area (Å²) in [7, 11) is 0. The molecule has 0 aromatic heterocycles. The zero-order valence-corrected chi connectivity index (χ0v) is 15.9. The lowest BCUT2D eigenvalue weighted by Gasteiger charge is -2.12. The molecule has 1 heterocycles. The highest BCUT2D eigenvalue weighted by atomic mass is 15.0. The topological polar surface area (TPSA) is 19.6 Å². The second kappa shape index (κ2) is 10.1. The Balaban J connectivity index is 1.27. The minimum absolute atomic E-state index is 1.13. The van der Waals surface area contributed by atoms with Gasteiger partial charge >= 0.3 is 0 Å². The number of hydrogen-bond donors (Lipinski definition) is 1. The van der Waals surface area contributed by atoms with Crippen molar-refractivity contribution < 1.29 is 9.89 Å². The van der Waals surface area contributed by atoms with Gasteiger partial charge in [-0.2, -0.15) is 0 Å². The van der Waals surface area contributed by atoms with Crippen LogP contribution in [0.5, 0.6) is 0 Å². The highest BCUT2D eigenvalue weighted by molar-refractivity contribution is 5.78. The van der Waals surface area contributed by atoms with Crippen molar-refractivity contribution in [2.45, 2.75) is 32.1 Å². The fourth-order valence-corrected chi connectivity index (χ4v) is 3.73. The van der Waals surface area contributed by atoms with Gasteiger partial charge < -0.3 is 5.32 Å². The van der Waals surface area contributed by atoms with Gasteiger partial charge in [-0.05, 0) is 35.6 Å². The van der Waals surface area contributed by atoms with Crippen molar-refractivity contribution in [1.82, 2.24) is 0 Å². The Morgan fingerprint density at radius 1 is 0.962 bits per heavy atom. The van der Waals surface area contributed by atoms with Gasteiger partial charge in [0.2, 0.25) is 0 Å². The van der Waals surface area contributed by atoms with E-state index in [0.29, 0.717) is 0 Å². The Kier molecular flexibility index (Phi) is 7.21. The Labute approximate surface area is 158 Å². The van der Waals surface area contributed by atoms with Crippen LogP contribution in [0, 0.1) is 0 Å². The lowest BCUT2D eigenvalue weighted by atomic mass is 10.0. The average molecular weight is 349 g/mol. The van der Waals surface area contributed by atoms with Crippen LogP contribution in [-0.2, 0) is 12.8 Å². The third-order valence-corrected chi connectivity index (χ3v) is 5.29. The first-order valence-electron chi connectivity index (χ1n) is 10.1. The molecule has 0 unspecified atom stereocenters. The number of nitrogens with two attached hydrogens (primary N) is 1. The van der Waals surface area contributed by atoms with Crippen LogP contribution < -0.4 is 5.32 Å². The van der Waals surface area contributed by atoms with Crippen molar-refractivity contribution in [3.63, 3.8) is 0 Å². The monoisotopic (exact) mass is 348 g/mol. The Morgan fingerprint density at radius 2 is 1.81 bits per heavy atom. The standard InChI is InChI=1S/C24H31N2/c1-2-21-10-4-5-11-22(21)14-17-25-16-8-3-9-18-26-19-15-23-12-6-7-13-24(23)20-26/h2,4-7,10-13,20,25H,1,3,8-9,14-19H2/q+1/p+1. The molecule has 0 saturated carbocycles. The molecular formula is C24H32N2+2. The molecule has 136 valence electrons. The van der Waals surface area contributed by atoms with Crippen molar-refractivity contribution in [1.29, 1.82) is 0 Å². The number of benzene rings is 2. The highest BCUT2D eigenvalue weighted by Gasteiger charge is 2.14. The number of quaternary nitrogens is 1. The summed E-state index contributed by atoms with van der Waals surface area (Å²) in [6.07, 6.45) is 10.6. The molecule has 0 fully saturated rings. The summed E-state index contributed by atoms with van der Waals surface area (Å²) >= 11 is 0. The second-order valence-corrected chi connectivity index (χ2v) is 7.19. The highest BCUT2D eigenvalue weighted by Crippen LogP contribution is 2.12. The number of nitrogens with zero attached hydrogens (tertiary/aromatic N) is 1. The van der Waals surface area contributed by atoms with E-state index in [4.69, 9.17) is 0 Å². The van der Waals surface area contributed by atoms with Gasteiger partial charge in [0.25, 0.3) is 0 Å². The van der Waals surface area contributed by atoms with E-state index in [2.05, 4.69) is 71.2 Å². The molecule has 2 heteroatoms. The van der Waals surface area contributed by atoms with Crippen molar-refractivity contribution in [3.8, 4) is 0 Å². The third-order valence-electron chi connectivity index (χ3n) is 5.29. The predicted octanol–water partition coefficient (Wildman–Crippen LogP) is 3.29. The van der Waals surface area contributed by atoms with E-state index < -0.39 is 0 Å². The zero-order valence-electron chi connectivity index (χ0n) is 15.9. The molecule has 0 amide bonds. The van der Waals surface area contributed by atoms with E-state index in [0.717, 1.165) is 6.42 Å². The molecule has 0 radical (unpaired) electrons. The van der Waals surface area contributed by atoms with Crippen LogP contribution in [0.3, 0.4) is 0 Å². The fraction of sp³-hybridized carbons (Fsp3) is 0.375. The van der Waals surface area contributed by atoms with Gasteiger partial charge in [-0.1, -0.05) is 55.1 Å². The van der Waals surface area contributed by atoms with Gasteiger partial charge in [0.1, 0.15) is 13.1 Å². The number of unbranched alkanes of at least 4 members (excludes halogenated alkanes) is 2. The molecule has 0 spiro atoms. The first-order chi connectivity index (χ1) is 12.9. The maximum Gasteiger partial charge on any atom is 0.170 e. The number of rotatable bonds is 10. The van der Waals surface area contributed by atoms with E-state index in [1.54, 1.807) is 0 Å². The van der Waals surface area contributed by atoms with Crippen LogP contribution in [0.2, 0.25) is 0 Å². The number of fused-ring (bicyclic) bond motifs is 1. The van der Waals surface area contributed by atoms with Gasteiger partial charge in [-0.25, -0.2) is 4.58 Å². The van der Waals surface area contributed by atoms with Gasteiger partial charge in [-0.3, -0.25) is 0 Å². The van der Waals surface area contributed by atoms with Crippen molar-refractivity contribution in [2.75, 3.05) is 26.2 Å². The molecule has 0 saturated heterocycles.